The molecule has 0 atom stereocenters. The first kappa shape index (κ1) is 24.1. The normalized spacial score (nSPS) is 13.7. The number of likely N-dealkylation sites (N-methyl/N-ethyl adjacent to an activating group) is 1. The van der Waals surface area contributed by atoms with Crippen molar-refractivity contribution in [3.05, 3.63) is 106 Å². The average Bonchev–Trinajstić information content (AvgIpc) is 3.61. The lowest BCUT2D eigenvalue weighted by Crippen LogP contribution is -2.34. The van der Waals surface area contributed by atoms with Gasteiger partial charge in [-0.05, 0) is 65.9 Å². The second kappa shape index (κ2) is 10.2. The highest BCUT2D eigenvalue weighted by Crippen LogP contribution is 2.38. The SMILES string of the molecule is CCN(C(=O)COC(=O)c1c2c(nc3ccccc13)/C(=C/c1cccs1)CC2)c1cccc2ccccc12. The number of nitrogens with zero attached hydrogens (tertiary/aromatic N) is 2. The molecule has 0 aliphatic heterocycles. The van der Waals surface area contributed by atoms with Crippen LogP contribution in [0, 0.1) is 0 Å². The molecule has 0 saturated heterocycles. The van der Waals surface area contributed by atoms with Gasteiger partial charge in [0.1, 0.15) is 0 Å². The van der Waals surface area contributed by atoms with E-state index in [1.54, 1.807) is 16.2 Å². The highest BCUT2D eigenvalue weighted by Gasteiger charge is 2.28. The predicted molar refractivity (Wildman–Crippen MR) is 155 cm³/mol. The summed E-state index contributed by atoms with van der Waals surface area (Å²) in [5.74, 6) is -0.745. The summed E-state index contributed by atoms with van der Waals surface area (Å²) in [7, 11) is 0. The number of aromatic nitrogens is 1. The van der Waals surface area contributed by atoms with Crippen molar-refractivity contribution in [1.29, 1.82) is 0 Å². The van der Waals surface area contributed by atoms with E-state index in [2.05, 4.69) is 12.1 Å². The molecular formula is C32H26N2O3S. The molecule has 0 fully saturated rings. The van der Waals surface area contributed by atoms with E-state index < -0.39 is 5.97 Å². The third-order valence-electron chi connectivity index (χ3n) is 7.01. The lowest BCUT2D eigenvalue weighted by atomic mass is 10.0. The van der Waals surface area contributed by atoms with E-state index in [9.17, 15) is 9.59 Å². The van der Waals surface area contributed by atoms with E-state index >= 15 is 0 Å². The van der Waals surface area contributed by atoms with Gasteiger partial charge in [-0.15, -0.1) is 11.3 Å². The number of amides is 1. The fourth-order valence-electron chi connectivity index (χ4n) is 5.26. The summed E-state index contributed by atoms with van der Waals surface area (Å²) in [5, 5.41) is 4.84. The van der Waals surface area contributed by atoms with Crippen LogP contribution in [-0.4, -0.2) is 30.0 Å². The summed E-state index contributed by atoms with van der Waals surface area (Å²) in [6, 6.07) is 25.6. The van der Waals surface area contributed by atoms with Crippen LogP contribution >= 0.6 is 11.3 Å². The zero-order valence-corrected chi connectivity index (χ0v) is 21.8. The zero-order valence-electron chi connectivity index (χ0n) is 21.0. The molecule has 0 spiro atoms. The number of hydrogen-bond acceptors (Lipinski definition) is 5. The first-order valence-electron chi connectivity index (χ1n) is 12.8. The molecule has 6 heteroatoms. The molecular weight excluding hydrogens is 492 g/mol. The number of thiophene rings is 1. The average molecular weight is 519 g/mol. The Morgan fingerprint density at radius 3 is 2.55 bits per heavy atom. The number of carbonyl (C=O) groups excluding carboxylic acids is 2. The van der Waals surface area contributed by atoms with E-state index in [1.807, 2.05) is 85.1 Å². The highest BCUT2D eigenvalue weighted by molar-refractivity contribution is 7.10. The molecule has 188 valence electrons. The quantitative estimate of drug-likeness (QED) is 0.224. The van der Waals surface area contributed by atoms with Gasteiger partial charge in [0.15, 0.2) is 6.61 Å². The van der Waals surface area contributed by atoms with Crippen LogP contribution < -0.4 is 4.90 Å². The molecule has 2 heterocycles. The van der Waals surface area contributed by atoms with Crippen LogP contribution in [0.4, 0.5) is 5.69 Å². The van der Waals surface area contributed by atoms with Crippen LogP contribution in [0.3, 0.4) is 0 Å². The second-order valence-electron chi connectivity index (χ2n) is 9.23. The van der Waals surface area contributed by atoms with Gasteiger partial charge in [-0.2, -0.15) is 0 Å². The third-order valence-corrected chi connectivity index (χ3v) is 7.83. The number of esters is 1. The molecule has 5 aromatic rings. The Morgan fingerprint density at radius 1 is 0.947 bits per heavy atom. The number of allylic oxidation sites excluding steroid dienone is 1. The van der Waals surface area contributed by atoms with E-state index in [-0.39, 0.29) is 12.5 Å². The van der Waals surface area contributed by atoms with Gasteiger partial charge in [0.05, 0.1) is 22.5 Å². The number of ether oxygens (including phenoxy) is 1. The zero-order chi connectivity index (χ0) is 26.1. The maximum atomic E-state index is 13.6. The van der Waals surface area contributed by atoms with E-state index in [1.165, 1.54) is 0 Å². The Balaban J connectivity index is 1.30. The summed E-state index contributed by atoms with van der Waals surface area (Å²) < 4.78 is 5.71. The first-order valence-corrected chi connectivity index (χ1v) is 13.6. The minimum Gasteiger partial charge on any atom is -0.452 e. The van der Waals surface area contributed by atoms with Crippen LogP contribution in [-0.2, 0) is 16.0 Å². The highest BCUT2D eigenvalue weighted by atomic mass is 32.1. The van der Waals surface area contributed by atoms with Gasteiger partial charge in [-0.1, -0.05) is 60.7 Å². The number of para-hydroxylation sites is 1. The standard InChI is InChI=1S/C32H26N2O3S/c1-2-34(28-15-7-10-21-9-3-4-12-24(21)28)29(35)20-37-32(36)30-25-13-5-6-14-27(25)33-31-22(16-17-26(30)31)19-23-11-8-18-38-23/h3-15,18-19H,2,16-17,20H2,1H3/b22-19+. The molecule has 38 heavy (non-hydrogen) atoms. The lowest BCUT2D eigenvalue weighted by Gasteiger charge is -2.23. The van der Waals surface area contributed by atoms with Crippen LogP contribution in [0.2, 0.25) is 0 Å². The smallest absolute Gasteiger partial charge is 0.339 e. The molecule has 5 nitrogen and oxygen atoms in total. The molecule has 0 bridgehead atoms. The number of hydrogen-bond donors (Lipinski definition) is 0. The maximum absolute atomic E-state index is 13.6. The van der Waals surface area contributed by atoms with Crippen molar-refractivity contribution < 1.29 is 14.3 Å². The Bertz CT molecular complexity index is 1700. The number of fused-ring (bicyclic) bond motifs is 3. The summed E-state index contributed by atoms with van der Waals surface area (Å²) in [5.41, 5.74) is 4.93. The fraction of sp³-hybridized carbons (Fsp3) is 0.156. The summed E-state index contributed by atoms with van der Waals surface area (Å²) in [4.78, 5) is 34.6. The van der Waals surface area contributed by atoms with Gasteiger partial charge >= 0.3 is 5.97 Å². The van der Waals surface area contributed by atoms with Crippen LogP contribution in [0.5, 0.6) is 0 Å². The largest absolute Gasteiger partial charge is 0.452 e. The van der Waals surface area contributed by atoms with Gasteiger partial charge in [0.25, 0.3) is 5.91 Å². The van der Waals surface area contributed by atoms with Gasteiger partial charge in [-0.3, -0.25) is 4.79 Å². The molecule has 1 aliphatic carbocycles. The minimum atomic E-state index is -0.487. The summed E-state index contributed by atoms with van der Waals surface area (Å²) >= 11 is 1.68. The van der Waals surface area contributed by atoms with Gasteiger partial charge in [0.2, 0.25) is 0 Å². The molecule has 6 rings (SSSR count). The van der Waals surface area contributed by atoms with Crippen molar-refractivity contribution in [1.82, 2.24) is 4.98 Å². The van der Waals surface area contributed by atoms with Gasteiger partial charge in [0, 0.05) is 22.2 Å². The predicted octanol–water partition coefficient (Wildman–Crippen LogP) is 7.15. The molecule has 0 radical (unpaired) electrons. The second-order valence-corrected chi connectivity index (χ2v) is 10.2. The molecule has 1 aliphatic rings. The van der Waals surface area contributed by atoms with Crippen molar-refractivity contribution in [2.45, 2.75) is 19.8 Å². The van der Waals surface area contributed by atoms with Crippen molar-refractivity contribution in [3.8, 4) is 0 Å². The van der Waals surface area contributed by atoms with E-state index in [0.717, 1.165) is 55.5 Å². The van der Waals surface area contributed by atoms with Crippen LogP contribution in [0.1, 0.15) is 39.8 Å². The van der Waals surface area contributed by atoms with E-state index in [4.69, 9.17) is 9.72 Å². The molecule has 3 aromatic carbocycles. The Kier molecular flexibility index (Phi) is 6.48. The number of carbonyl (C=O) groups is 2. The summed E-state index contributed by atoms with van der Waals surface area (Å²) in [6.07, 6.45) is 3.67. The number of pyridine rings is 1. The van der Waals surface area contributed by atoms with Crippen LogP contribution in [0.25, 0.3) is 33.3 Å². The minimum absolute atomic E-state index is 0.259. The van der Waals surface area contributed by atoms with E-state index in [0.29, 0.717) is 18.5 Å². The topological polar surface area (TPSA) is 59.5 Å². The fourth-order valence-corrected chi connectivity index (χ4v) is 5.94. The molecule has 0 N–H and O–H groups in total. The Morgan fingerprint density at radius 2 is 1.74 bits per heavy atom. The summed E-state index contributed by atoms with van der Waals surface area (Å²) in [6.45, 7) is 2.06. The van der Waals surface area contributed by atoms with Crippen molar-refractivity contribution in [2.75, 3.05) is 18.1 Å². The number of anilines is 1. The monoisotopic (exact) mass is 518 g/mol. The molecule has 0 saturated carbocycles. The number of rotatable bonds is 6. The number of benzene rings is 3. The first-order chi connectivity index (χ1) is 18.6. The van der Waals surface area contributed by atoms with Gasteiger partial charge in [-0.25, -0.2) is 9.78 Å². The lowest BCUT2D eigenvalue weighted by molar-refractivity contribution is -0.121. The van der Waals surface area contributed by atoms with Crippen molar-refractivity contribution in [3.63, 3.8) is 0 Å². The van der Waals surface area contributed by atoms with Crippen molar-refractivity contribution in [2.24, 2.45) is 0 Å². The maximum Gasteiger partial charge on any atom is 0.339 e. The third kappa shape index (κ3) is 4.37. The molecule has 0 unspecified atom stereocenters. The Labute approximate surface area is 225 Å². The van der Waals surface area contributed by atoms with Crippen molar-refractivity contribution >= 4 is 62.2 Å². The Hall–Kier alpha value is -4.29. The van der Waals surface area contributed by atoms with Gasteiger partial charge < -0.3 is 9.64 Å². The molecule has 2 aromatic heterocycles. The van der Waals surface area contributed by atoms with Crippen LogP contribution in [0.15, 0.2) is 84.2 Å². The molecule has 1 amide bonds.